The number of carbonyl (C=O) groups is 1. The minimum Gasteiger partial charge on any atom is -0.341 e. The van der Waals surface area contributed by atoms with Gasteiger partial charge in [-0.05, 0) is 74.3 Å². The van der Waals surface area contributed by atoms with E-state index in [1.807, 2.05) is 4.90 Å². The van der Waals surface area contributed by atoms with Crippen molar-refractivity contribution in [2.45, 2.75) is 44.6 Å². The lowest BCUT2D eigenvalue weighted by Crippen LogP contribution is -2.53. The summed E-state index contributed by atoms with van der Waals surface area (Å²) in [6.07, 6.45) is 6.82. The molecule has 33 heavy (non-hydrogen) atoms. The summed E-state index contributed by atoms with van der Waals surface area (Å²) in [4.78, 5) is 19.0. The van der Waals surface area contributed by atoms with Gasteiger partial charge in [0.05, 0.1) is 0 Å². The molecule has 1 aliphatic heterocycles. The maximum Gasteiger partial charge on any atom is 0.317 e. The molecule has 5 nitrogen and oxygen atoms in total. The third-order valence-electron chi connectivity index (χ3n) is 6.72. The molecule has 0 bridgehead atoms. The van der Waals surface area contributed by atoms with Gasteiger partial charge < -0.3 is 15.1 Å². The van der Waals surface area contributed by atoms with Gasteiger partial charge in [0.1, 0.15) is 11.6 Å². The number of amides is 2. The van der Waals surface area contributed by atoms with Crippen molar-refractivity contribution >= 4 is 17.4 Å². The Morgan fingerprint density at radius 1 is 0.848 bits per heavy atom. The molecule has 0 atom stereocenters. The van der Waals surface area contributed by atoms with Gasteiger partial charge in [-0.3, -0.25) is 4.90 Å². The lowest BCUT2D eigenvalue weighted by molar-refractivity contribution is 0.135. The first-order valence-electron chi connectivity index (χ1n) is 12.1. The van der Waals surface area contributed by atoms with E-state index in [2.05, 4.69) is 15.1 Å². The topological polar surface area (TPSA) is 38.8 Å². The highest BCUT2D eigenvalue weighted by Gasteiger charge is 2.23. The lowest BCUT2D eigenvalue weighted by Gasteiger charge is -2.36. The second-order valence-electron chi connectivity index (χ2n) is 9.07. The lowest BCUT2D eigenvalue weighted by atomic mass is 9.96. The van der Waals surface area contributed by atoms with Crippen LogP contribution in [0.5, 0.6) is 0 Å². The molecule has 0 aromatic heterocycles. The molecular formula is C26H34F2N4O. The van der Waals surface area contributed by atoms with Crippen LogP contribution in [0.15, 0.2) is 48.5 Å². The van der Waals surface area contributed by atoms with Gasteiger partial charge in [-0.15, -0.1) is 0 Å². The van der Waals surface area contributed by atoms with Gasteiger partial charge in [-0.2, -0.15) is 0 Å². The summed E-state index contributed by atoms with van der Waals surface area (Å²) in [7, 11) is 0. The second-order valence-corrected chi connectivity index (χ2v) is 9.07. The van der Waals surface area contributed by atoms with Crippen LogP contribution in [0.25, 0.3) is 0 Å². The first-order valence-corrected chi connectivity index (χ1v) is 12.1. The van der Waals surface area contributed by atoms with Crippen molar-refractivity contribution in [1.82, 2.24) is 15.1 Å². The molecule has 0 radical (unpaired) electrons. The molecule has 1 saturated heterocycles. The zero-order valence-electron chi connectivity index (χ0n) is 19.2. The van der Waals surface area contributed by atoms with Crippen molar-refractivity contribution in [2.24, 2.45) is 0 Å². The average Bonchev–Trinajstić information content (AvgIpc) is 2.84. The molecule has 2 fully saturated rings. The van der Waals surface area contributed by atoms with Gasteiger partial charge in [-0.25, -0.2) is 13.6 Å². The van der Waals surface area contributed by atoms with Crippen molar-refractivity contribution in [3.05, 3.63) is 60.2 Å². The maximum atomic E-state index is 13.4. The molecule has 1 N–H and O–H groups in total. The fourth-order valence-corrected chi connectivity index (χ4v) is 4.79. The molecule has 1 heterocycles. The van der Waals surface area contributed by atoms with E-state index in [1.165, 1.54) is 43.5 Å². The van der Waals surface area contributed by atoms with Crippen molar-refractivity contribution in [2.75, 3.05) is 44.2 Å². The normalized spacial score (nSPS) is 17.7. The number of rotatable bonds is 7. The van der Waals surface area contributed by atoms with Crippen LogP contribution < -0.4 is 10.2 Å². The molecule has 1 saturated carbocycles. The number of benzene rings is 2. The van der Waals surface area contributed by atoms with Crippen LogP contribution in [0.2, 0.25) is 0 Å². The zero-order chi connectivity index (χ0) is 23.0. The largest absolute Gasteiger partial charge is 0.341 e. The van der Waals surface area contributed by atoms with E-state index >= 15 is 0 Å². The van der Waals surface area contributed by atoms with Crippen LogP contribution >= 0.6 is 0 Å². The Morgan fingerprint density at radius 2 is 1.39 bits per heavy atom. The Labute approximate surface area is 195 Å². The Bertz CT molecular complexity index is 831. The quantitative estimate of drug-likeness (QED) is 0.626. The summed E-state index contributed by atoms with van der Waals surface area (Å²) >= 11 is 0. The molecule has 178 valence electrons. The van der Waals surface area contributed by atoms with Crippen LogP contribution in [0, 0.1) is 11.6 Å². The molecule has 0 unspecified atom stereocenters. The molecule has 0 spiro atoms. The van der Waals surface area contributed by atoms with E-state index < -0.39 is 0 Å². The van der Waals surface area contributed by atoms with Gasteiger partial charge in [0, 0.05) is 50.1 Å². The smallest absolute Gasteiger partial charge is 0.317 e. The fraction of sp³-hybridized carbons (Fsp3) is 0.500. The summed E-state index contributed by atoms with van der Waals surface area (Å²) in [6, 6.07) is 13.2. The van der Waals surface area contributed by atoms with Crippen LogP contribution in [-0.2, 0) is 0 Å². The Morgan fingerprint density at radius 3 is 1.94 bits per heavy atom. The molecule has 2 aliphatic rings. The minimum atomic E-state index is -0.275. The van der Waals surface area contributed by atoms with Crippen molar-refractivity contribution in [1.29, 1.82) is 0 Å². The van der Waals surface area contributed by atoms with E-state index in [0.717, 1.165) is 69.9 Å². The van der Waals surface area contributed by atoms with Gasteiger partial charge >= 0.3 is 6.03 Å². The molecule has 4 rings (SSSR count). The number of hydrogen-bond acceptors (Lipinski definition) is 3. The first kappa shape index (κ1) is 23.5. The third kappa shape index (κ3) is 6.67. The first-order chi connectivity index (χ1) is 16.1. The zero-order valence-corrected chi connectivity index (χ0v) is 19.2. The number of nitrogens with one attached hydrogen (secondary N) is 1. The van der Waals surface area contributed by atoms with Crippen LogP contribution in [0.4, 0.5) is 25.0 Å². The van der Waals surface area contributed by atoms with Crippen molar-refractivity contribution in [3.8, 4) is 0 Å². The number of hydrogen-bond donors (Lipinski definition) is 1. The molecule has 7 heteroatoms. The standard InChI is InChI=1S/C26H34F2N4O/c27-21-7-11-24(12-8-21)32(25-13-9-22(28)10-14-25)16-4-15-30-17-19-31(20-18-30)26(33)29-23-5-2-1-3-6-23/h7-14,23H,1-6,15-20H2,(H,29,33). The Kier molecular flexibility index (Phi) is 8.15. The van der Waals surface area contributed by atoms with Gasteiger partial charge in [-0.1, -0.05) is 19.3 Å². The van der Waals surface area contributed by atoms with Crippen LogP contribution in [0.3, 0.4) is 0 Å². The average molecular weight is 457 g/mol. The number of nitrogens with zero attached hydrogens (tertiary/aromatic N) is 3. The van der Waals surface area contributed by atoms with Crippen LogP contribution in [-0.4, -0.2) is 61.1 Å². The highest BCUT2D eigenvalue weighted by atomic mass is 19.1. The molecular weight excluding hydrogens is 422 g/mol. The van der Waals surface area contributed by atoms with E-state index in [0.29, 0.717) is 6.04 Å². The number of carbonyl (C=O) groups excluding carboxylic acids is 1. The molecule has 2 amide bonds. The Hall–Kier alpha value is -2.67. The number of urea groups is 1. The second kappa shape index (κ2) is 11.5. The maximum absolute atomic E-state index is 13.4. The van der Waals surface area contributed by atoms with E-state index in [1.54, 1.807) is 24.3 Å². The predicted octanol–water partition coefficient (Wildman–Crippen LogP) is 5.15. The Balaban J connectivity index is 1.26. The summed E-state index contributed by atoms with van der Waals surface area (Å²) in [5, 5.41) is 3.21. The number of piperazine rings is 1. The summed E-state index contributed by atoms with van der Waals surface area (Å²) in [6.45, 7) is 4.88. The van der Waals surface area contributed by atoms with Gasteiger partial charge in [0.15, 0.2) is 0 Å². The third-order valence-corrected chi connectivity index (χ3v) is 6.72. The summed E-state index contributed by atoms with van der Waals surface area (Å²) in [5.41, 5.74) is 1.76. The van der Waals surface area contributed by atoms with Gasteiger partial charge in [0.2, 0.25) is 0 Å². The molecule has 1 aliphatic carbocycles. The predicted molar refractivity (Wildman–Crippen MR) is 128 cm³/mol. The highest BCUT2D eigenvalue weighted by molar-refractivity contribution is 5.74. The highest BCUT2D eigenvalue weighted by Crippen LogP contribution is 2.26. The van der Waals surface area contributed by atoms with E-state index in [4.69, 9.17) is 0 Å². The number of halogens is 2. The van der Waals surface area contributed by atoms with Crippen molar-refractivity contribution in [3.63, 3.8) is 0 Å². The van der Waals surface area contributed by atoms with Crippen LogP contribution in [0.1, 0.15) is 38.5 Å². The molecule has 2 aromatic rings. The number of anilines is 2. The fourth-order valence-electron chi connectivity index (χ4n) is 4.79. The van der Waals surface area contributed by atoms with E-state index in [-0.39, 0.29) is 17.7 Å². The SMILES string of the molecule is O=C(NC1CCCCC1)N1CCN(CCCN(c2ccc(F)cc2)c2ccc(F)cc2)CC1. The minimum absolute atomic E-state index is 0.0837. The monoisotopic (exact) mass is 456 g/mol. The summed E-state index contributed by atoms with van der Waals surface area (Å²) in [5.74, 6) is -0.550. The van der Waals surface area contributed by atoms with E-state index in [9.17, 15) is 13.6 Å². The van der Waals surface area contributed by atoms with Gasteiger partial charge in [0.25, 0.3) is 0 Å². The molecule has 2 aromatic carbocycles. The summed E-state index contributed by atoms with van der Waals surface area (Å²) < 4.78 is 26.8. The van der Waals surface area contributed by atoms with Crippen molar-refractivity contribution < 1.29 is 13.6 Å².